The van der Waals surface area contributed by atoms with Crippen molar-refractivity contribution in [2.45, 2.75) is 18.8 Å². The van der Waals surface area contributed by atoms with E-state index in [1.807, 2.05) is 33.7 Å². The van der Waals surface area contributed by atoms with Gasteiger partial charge in [-0.15, -0.1) is 22.0 Å². The molecule has 0 radical (unpaired) electrons. The Kier molecular flexibility index (Phi) is 6.27. The molecule has 1 N–H and O–H groups in total. The van der Waals surface area contributed by atoms with E-state index in [2.05, 4.69) is 15.5 Å². The summed E-state index contributed by atoms with van der Waals surface area (Å²) in [6, 6.07) is 11.4. The number of rotatable bonds is 6. The number of hydrogen-bond acceptors (Lipinski definition) is 5. The standard InChI is InChI=1S/C21H22FN5O2S/c22-16-4-6-17(7-5-16)23-19(28)13-30-14-20(29)26-11-8-15(9-12-26)21-25-24-18-3-1-2-10-27(18)21/h1-7,10,15H,8-9,11-14H2,(H,23,28). The van der Waals surface area contributed by atoms with Crippen molar-refractivity contribution in [3.8, 4) is 0 Å². The third-order valence-corrected chi connectivity index (χ3v) is 6.06. The Morgan fingerprint density at radius 1 is 1.07 bits per heavy atom. The minimum Gasteiger partial charge on any atom is -0.342 e. The van der Waals surface area contributed by atoms with Crippen LogP contribution in [-0.4, -0.2) is 55.9 Å². The lowest BCUT2D eigenvalue weighted by molar-refractivity contribution is -0.129. The lowest BCUT2D eigenvalue weighted by Crippen LogP contribution is -2.39. The summed E-state index contributed by atoms with van der Waals surface area (Å²) in [5.74, 6) is 1.13. The van der Waals surface area contributed by atoms with Crippen LogP contribution >= 0.6 is 11.8 Å². The second-order valence-corrected chi connectivity index (χ2v) is 8.18. The first kappa shape index (κ1) is 20.3. The Hall–Kier alpha value is -2.94. The van der Waals surface area contributed by atoms with Crippen molar-refractivity contribution in [1.29, 1.82) is 0 Å². The van der Waals surface area contributed by atoms with Crippen molar-refractivity contribution in [2.75, 3.05) is 29.9 Å². The molecule has 1 aliphatic heterocycles. The molecule has 4 rings (SSSR count). The molecule has 2 amide bonds. The van der Waals surface area contributed by atoms with E-state index in [1.54, 1.807) is 0 Å². The largest absolute Gasteiger partial charge is 0.342 e. The maximum absolute atomic E-state index is 12.9. The van der Waals surface area contributed by atoms with Crippen molar-refractivity contribution in [2.24, 2.45) is 0 Å². The average Bonchev–Trinajstić information content (AvgIpc) is 3.19. The van der Waals surface area contributed by atoms with E-state index in [0.29, 0.717) is 18.8 Å². The molecule has 0 saturated carbocycles. The molecule has 3 heterocycles. The fourth-order valence-electron chi connectivity index (χ4n) is 3.58. The highest BCUT2D eigenvalue weighted by Gasteiger charge is 2.26. The summed E-state index contributed by atoms with van der Waals surface area (Å²) in [5.41, 5.74) is 1.37. The summed E-state index contributed by atoms with van der Waals surface area (Å²) in [5, 5.41) is 11.2. The predicted octanol–water partition coefficient (Wildman–Crippen LogP) is 2.95. The number of hydrogen-bond donors (Lipinski definition) is 1. The number of thioether (sulfide) groups is 1. The SMILES string of the molecule is O=C(CSCC(=O)N1CCC(c2nnc3ccccn23)CC1)Nc1ccc(F)cc1. The van der Waals surface area contributed by atoms with E-state index in [4.69, 9.17) is 0 Å². The molecule has 0 unspecified atom stereocenters. The number of likely N-dealkylation sites (tertiary alicyclic amines) is 1. The van der Waals surface area contributed by atoms with E-state index < -0.39 is 0 Å². The van der Waals surface area contributed by atoms with Crippen LogP contribution in [0.5, 0.6) is 0 Å². The van der Waals surface area contributed by atoms with E-state index in [-0.39, 0.29) is 35.1 Å². The predicted molar refractivity (Wildman–Crippen MR) is 114 cm³/mol. The molecule has 2 aromatic heterocycles. The third-order valence-electron chi connectivity index (χ3n) is 5.14. The molecule has 0 aliphatic carbocycles. The molecule has 1 fully saturated rings. The van der Waals surface area contributed by atoms with Crippen LogP contribution in [0.4, 0.5) is 10.1 Å². The van der Waals surface area contributed by atoms with Gasteiger partial charge < -0.3 is 10.2 Å². The Balaban J connectivity index is 1.21. The highest BCUT2D eigenvalue weighted by Crippen LogP contribution is 2.27. The van der Waals surface area contributed by atoms with Crippen molar-refractivity contribution < 1.29 is 14.0 Å². The number of halogens is 1. The number of piperidine rings is 1. The molecular formula is C21H22FN5O2S. The zero-order chi connectivity index (χ0) is 20.9. The van der Waals surface area contributed by atoms with Crippen LogP contribution in [0, 0.1) is 5.82 Å². The van der Waals surface area contributed by atoms with Crippen LogP contribution in [0.2, 0.25) is 0 Å². The van der Waals surface area contributed by atoms with Crippen molar-refractivity contribution in [1.82, 2.24) is 19.5 Å². The number of pyridine rings is 1. The number of carbonyl (C=O) groups is 2. The highest BCUT2D eigenvalue weighted by molar-refractivity contribution is 8.00. The van der Waals surface area contributed by atoms with Crippen LogP contribution in [0.25, 0.3) is 5.65 Å². The molecule has 1 aromatic carbocycles. The monoisotopic (exact) mass is 427 g/mol. The van der Waals surface area contributed by atoms with Crippen LogP contribution in [0.1, 0.15) is 24.6 Å². The van der Waals surface area contributed by atoms with E-state index in [1.165, 1.54) is 36.0 Å². The van der Waals surface area contributed by atoms with Gasteiger partial charge in [0.2, 0.25) is 11.8 Å². The molecular weight excluding hydrogens is 405 g/mol. The van der Waals surface area contributed by atoms with Gasteiger partial charge in [0.1, 0.15) is 11.6 Å². The summed E-state index contributed by atoms with van der Waals surface area (Å²) < 4.78 is 14.9. The van der Waals surface area contributed by atoms with Gasteiger partial charge >= 0.3 is 0 Å². The van der Waals surface area contributed by atoms with Gasteiger partial charge in [0, 0.05) is 30.9 Å². The summed E-state index contributed by atoms with van der Waals surface area (Å²) in [4.78, 5) is 26.3. The number of nitrogens with one attached hydrogen (secondary N) is 1. The fourth-order valence-corrected chi connectivity index (χ4v) is 4.29. The summed E-state index contributed by atoms with van der Waals surface area (Å²) in [6.07, 6.45) is 3.66. The molecule has 7 nitrogen and oxygen atoms in total. The van der Waals surface area contributed by atoms with Gasteiger partial charge in [0.15, 0.2) is 5.65 Å². The van der Waals surface area contributed by atoms with Crippen molar-refractivity contribution in [3.05, 3.63) is 60.3 Å². The lowest BCUT2D eigenvalue weighted by Gasteiger charge is -2.31. The maximum Gasteiger partial charge on any atom is 0.234 e. The van der Waals surface area contributed by atoms with Gasteiger partial charge in [-0.3, -0.25) is 14.0 Å². The van der Waals surface area contributed by atoms with Crippen molar-refractivity contribution in [3.63, 3.8) is 0 Å². The van der Waals surface area contributed by atoms with Crippen LogP contribution in [0.3, 0.4) is 0 Å². The first-order valence-corrected chi connectivity index (χ1v) is 11.0. The average molecular weight is 428 g/mol. The molecule has 1 aliphatic rings. The minimum absolute atomic E-state index is 0.0409. The number of fused-ring (bicyclic) bond motifs is 1. The van der Waals surface area contributed by atoms with Crippen LogP contribution in [0.15, 0.2) is 48.7 Å². The number of benzene rings is 1. The molecule has 1 saturated heterocycles. The van der Waals surface area contributed by atoms with Gasteiger partial charge in [-0.25, -0.2) is 4.39 Å². The molecule has 0 spiro atoms. The fraction of sp³-hybridized carbons (Fsp3) is 0.333. The molecule has 0 bridgehead atoms. The molecule has 30 heavy (non-hydrogen) atoms. The summed E-state index contributed by atoms with van der Waals surface area (Å²) in [6.45, 7) is 1.35. The third kappa shape index (κ3) is 4.79. The van der Waals surface area contributed by atoms with Crippen LogP contribution in [-0.2, 0) is 9.59 Å². The van der Waals surface area contributed by atoms with Gasteiger partial charge in [0.25, 0.3) is 0 Å². The smallest absolute Gasteiger partial charge is 0.234 e. The van der Waals surface area contributed by atoms with Crippen molar-refractivity contribution >= 4 is 34.9 Å². The topological polar surface area (TPSA) is 79.6 Å². The van der Waals surface area contributed by atoms with E-state index in [9.17, 15) is 14.0 Å². The number of carbonyl (C=O) groups excluding carboxylic acids is 2. The summed E-state index contributed by atoms with van der Waals surface area (Å²) >= 11 is 1.28. The number of aromatic nitrogens is 3. The maximum atomic E-state index is 12.9. The van der Waals surface area contributed by atoms with E-state index >= 15 is 0 Å². The Morgan fingerprint density at radius 3 is 2.60 bits per heavy atom. The first-order chi connectivity index (χ1) is 14.6. The minimum atomic E-state index is -0.353. The van der Waals surface area contributed by atoms with Crippen LogP contribution < -0.4 is 5.32 Å². The molecule has 9 heteroatoms. The summed E-state index contributed by atoms with van der Waals surface area (Å²) in [7, 11) is 0. The highest BCUT2D eigenvalue weighted by atomic mass is 32.2. The molecule has 3 aromatic rings. The Bertz CT molecular complexity index is 1030. The number of nitrogens with zero attached hydrogens (tertiary/aromatic N) is 4. The molecule has 0 atom stereocenters. The van der Waals surface area contributed by atoms with Gasteiger partial charge in [-0.05, 0) is 49.2 Å². The Labute approximate surface area is 177 Å². The number of anilines is 1. The first-order valence-electron chi connectivity index (χ1n) is 9.81. The zero-order valence-corrected chi connectivity index (χ0v) is 17.1. The second-order valence-electron chi connectivity index (χ2n) is 7.19. The second kappa shape index (κ2) is 9.25. The quantitative estimate of drug-likeness (QED) is 0.654. The van der Waals surface area contributed by atoms with Gasteiger partial charge in [0.05, 0.1) is 11.5 Å². The normalized spacial score (nSPS) is 14.8. The number of amides is 2. The van der Waals surface area contributed by atoms with Gasteiger partial charge in [-0.1, -0.05) is 6.07 Å². The Morgan fingerprint density at radius 2 is 1.83 bits per heavy atom. The zero-order valence-electron chi connectivity index (χ0n) is 16.3. The van der Waals surface area contributed by atoms with E-state index in [0.717, 1.165) is 24.3 Å². The lowest BCUT2D eigenvalue weighted by atomic mass is 9.96. The van der Waals surface area contributed by atoms with Gasteiger partial charge in [-0.2, -0.15) is 0 Å². The molecule has 156 valence electrons.